The van der Waals surface area contributed by atoms with Crippen molar-refractivity contribution in [2.24, 2.45) is 0 Å². The van der Waals surface area contributed by atoms with Gasteiger partial charge >= 0.3 is 0 Å². The monoisotopic (exact) mass is 387 g/mol. The van der Waals surface area contributed by atoms with Crippen molar-refractivity contribution in [1.29, 1.82) is 0 Å². The minimum Gasteiger partial charge on any atom is -0.340 e. The molecular weight excluding hydrogens is 366 g/mol. The number of benzene rings is 1. The van der Waals surface area contributed by atoms with Crippen LogP contribution >= 0.6 is 0 Å². The number of carbonyl (C=O) groups is 2. The van der Waals surface area contributed by atoms with E-state index in [0.717, 1.165) is 5.56 Å². The van der Waals surface area contributed by atoms with Crippen LogP contribution in [0.1, 0.15) is 28.9 Å². The van der Waals surface area contributed by atoms with Crippen LogP contribution in [0.5, 0.6) is 0 Å². The first kappa shape index (κ1) is 19.2. The first-order chi connectivity index (χ1) is 12.9. The van der Waals surface area contributed by atoms with Crippen LogP contribution in [0, 0.1) is 6.92 Å². The molecule has 1 aliphatic rings. The Morgan fingerprint density at radius 3 is 2.59 bits per heavy atom. The maximum atomic E-state index is 12.9. The van der Waals surface area contributed by atoms with E-state index in [4.69, 9.17) is 0 Å². The molecule has 3 rings (SSSR count). The highest BCUT2D eigenvalue weighted by molar-refractivity contribution is 7.89. The van der Waals surface area contributed by atoms with E-state index in [-0.39, 0.29) is 35.9 Å². The summed E-state index contributed by atoms with van der Waals surface area (Å²) in [4.78, 5) is 28.9. The zero-order chi connectivity index (χ0) is 19.4. The maximum Gasteiger partial charge on any atom is 0.270 e. The van der Waals surface area contributed by atoms with Crippen LogP contribution in [0.25, 0.3) is 0 Å². The third-order valence-electron chi connectivity index (χ3n) is 4.47. The van der Waals surface area contributed by atoms with Crippen molar-refractivity contribution in [3.8, 4) is 0 Å². The number of nitrogens with zero attached hydrogens (tertiary/aromatic N) is 2. The lowest BCUT2D eigenvalue weighted by atomic mass is 10.1. The van der Waals surface area contributed by atoms with E-state index in [1.165, 1.54) is 16.6 Å². The van der Waals surface area contributed by atoms with Gasteiger partial charge in [-0.1, -0.05) is 23.8 Å². The number of aromatic nitrogens is 1. The van der Waals surface area contributed by atoms with Crippen LogP contribution < -0.4 is 5.32 Å². The fourth-order valence-corrected chi connectivity index (χ4v) is 4.43. The normalized spacial score (nSPS) is 18.7. The van der Waals surface area contributed by atoms with E-state index in [9.17, 15) is 18.0 Å². The second-order valence-electron chi connectivity index (χ2n) is 6.49. The van der Waals surface area contributed by atoms with Crippen molar-refractivity contribution in [1.82, 2.24) is 14.6 Å². The van der Waals surface area contributed by atoms with E-state index >= 15 is 0 Å². The average Bonchev–Trinajstić information content (AvgIpc) is 2.85. The second kappa shape index (κ2) is 7.98. The van der Waals surface area contributed by atoms with Crippen molar-refractivity contribution < 1.29 is 18.0 Å². The van der Waals surface area contributed by atoms with E-state index in [1.54, 1.807) is 36.4 Å². The third kappa shape index (κ3) is 4.40. The summed E-state index contributed by atoms with van der Waals surface area (Å²) in [6.07, 6.45) is 2.12. The van der Waals surface area contributed by atoms with Gasteiger partial charge in [-0.15, -0.1) is 0 Å². The highest BCUT2D eigenvalue weighted by Gasteiger charge is 2.33. The Morgan fingerprint density at radius 1 is 1.19 bits per heavy atom. The van der Waals surface area contributed by atoms with Gasteiger partial charge in [0.15, 0.2) is 5.78 Å². The number of hydrogen-bond donors (Lipinski definition) is 1. The molecule has 0 radical (unpaired) electrons. The molecule has 1 unspecified atom stereocenters. The molecule has 8 heteroatoms. The quantitative estimate of drug-likeness (QED) is 0.858. The van der Waals surface area contributed by atoms with Crippen molar-refractivity contribution in [2.45, 2.75) is 30.7 Å². The minimum atomic E-state index is -3.74. The Kier molecular flexibility index (Phi) is 5.67. The number of sulfonamides is 1. The summed E-state index contributed by atoms with van der Waals surface area (Å²) < 4.78 is 27.2. The number of ketones is 1. The molecule has 0 spiro atoms. The van der Waals surface area contributed by atoms with Crippen molar-refractivity contribution in [2.75, 3.05) is 13.1 Å². The lowest BCUT2D eigenvalue weighted by molar-refractivity contribution is -0.120. The van der Waals surface area contributed by atoms with Gasteiger partial charge in [0.1, 0.15) is 11.7 Å². The maximum absolute atomic E-state index is 12.9. The van der Waals surface area contributed by atoms with Gasteiger partial charge in [-0.3, -0.25) is 14.6 Å². The van der Waals surface area contributed by atoms with Crippen LogP contribution in [-0.4, -0.2) is 48.5 Å². The van der Waals surface area contributed by atoms with E-state index in [0.29, 0.717) is 6.42 Å². The fraction of sp³-hybridized carbons (Fsp3) is 0.316. The molecule has 142 valence electrons. The molecule has 0 bridgehead atoms. The summed E-state index contributed by atoms with van der Waals surface area (Å²) in [5, 5.41) is 2.63. The largest absolute Gasteiger partial charge is 0.340 e. The molecule has 0 aliphatic carbocycles. The summed E-state index contributed by atoms with van der Waals surface area (Å²) in [6, 6.07) is 10.6. The molecule has 1 amide bonds. The van der Waals surface area contributed by atoms with Gasteiger partial charge in [-0.05, 0) is 37.6 Å². The SMILES string of the molecule is Cc1ccc(S(=O)(=O)N2CCCC(=O)C(NC(=O)c3ccccn3)C2)cc1. The summed E-state index contributed by atoms with van der Waals surface area (Å²) in [5.41, 5.74) is 1.14. The number of amides is 1. The van der Waals surface area contributed by atoms with Gasteiger partial charge in [-0.25, -0.2) is 8.42 Å². The van der Waals surface area contributed by atoms with Crippen LogP contribution in [0.2, 0.25) is 0 Å². The average molecular weight is 387 g/mol. The van der Waals surface area contributed by atoms with E-state index in [1.807, 2.05) is 6.92 Å². The van der Waals surface area contributed by atoms with Crippen LogP contribution in [-0.2, 0) is 14.8 Å². The number of aryl methyl sites for hydroxylation is 1. The first-order valence-corrected chi connectivity index (χ1v) is 10.1. The first-order valence-electron chi connectivity index (χ1n) is 8.69. The van der Waals surface area contributed by atoms with Gasteiger partial charge in [0.2, 0.25) is 10.0 Å². The van der Waals surface area contributed by atoms with E-state index in [2.05, 4.69) is 10.3 Å². The molecule has 27 heavy (non-hydrogen) atoms. The van der Waals surface area contributed by atoms with Crippen molar-refractivity contribution in [3.63, 3.8) is 0 Å². The van der Waals surface area contributed by atoms with Gasteiger partial charge in [0, 0.05) is 25.7 Å². The minimum absolute atomic E-state index is 0.0897. The number of rotatable bonds is 4. The number of carbonyl (C=O) groups excluding carboxylic acids is 2. The number of pyridine rings is 1. The Hall–Kier alpha value is -2.58. The predicted molar refractivity (Wildman–Crippen MR) is 99.7 cm³/mol. The smallest absolute Gasteiger partial charge is 0.270 e. The Balaban J connectivity index is 1.81. The summed E-state index contributed by atoms with van der Waals surface area (Å²) in [6.45, 7) is 2.02. The Bertz CT molecular complexity index is 927. The lowest BCUT2D eigenvalue weighted by Gasteiger charge is -2.24. The summed E-state index contributed by atoms with van der Waals surface area (Å²) >= 11 is 0. The third-order valence-corrected chi connectivity index (χ3v) is 6.35. The van der Waals surface area contributed by atoms with Gasteiger partial charge in [-0.2, -0.15) is 4.31 Å². The molecule has 1 N–H and O–H groups in total. The molecule has 1 saturated heterocycles. The standard InChI is InChI=1S/C19H21N3O4S/c1-14-7-9-15(10-8-14)27(25,26)22-12-4-6-18(23)17(13-22)21-19(24)16-5-2-3-11-20-16/h2-3,5,7-11,17H,4,6,12-13H2,1H3,(H,21,24). The number of Topliss-reactive ketones (excluding diaryl/α,β-unsaturated/α-hetero) is 1. The van der Waals surface area contributed by atoms with Crippen molar-refractivity contribution >= 4 is 21.7 Å². The zero-order valence-electron chi connectivity index (χ0n) is 15.0. The van der Waals surface area contributed by atoms with Gasteiger partial charge < -0.3 is 5.32 Å². The molecule has 1 atom stereocenters. The molecule has 1 aromatic heterocycles. The van der Waals surface area contributed by atoms with Gasteiger partial charge in [0.05, 0.1) is 4.90 Å². The van der Waals surface area contributed by atoms with Crippen LogP contribution in [0.3, 0.4) is 0 Å². The zero-order valence-corrected chi connectivity index (χ0v) is 15.8. The molecular formula is C19H21N3O4S. The Morgan fingerprint density at radius 2 is 1.93 bits per heavy atom. The highest BCUT2D eigenvalue weighted by atomic mass is 32.2. The highest BCUT2D eigenvalue weighted by Crippen LogP contribution is 2.20. The van der Waals surface area contributed by atoms with Crippen LogP contribution in [0.4, 0.5) is 0 Å². The summed E-state index contributed by atoms with van der Waals surface area (Å²) in [5.74, 6) is -0.676. The lowest BCUT2D eigenvalue weighted by Crippen LogP contribution is -2.48. The molecule has 1 aliphatic heterocycles. The summed E-state index contributed by atoms with van der Waals surface area (Å²) in [7, 11) is -3.74. The molecule has 2 heterocycles. The second-order valence-corrected chi connectivity index (χ2v) is 8.42. The topological polar surface area (TPSA) is 96.4 Å². The molecule has 0 saturated carbocycles. The predicted octanol–water partition coefficient (Wildman–Crippen LogP) is 1.54. The number of nitrogens with one attached hydrogen (secondary N) is 1. The van der Waals surface area contributed by atoms with Crippen LogP contribution in [0.15, 0.2) is 53.6 Å². The fourth-order valence-electron chi connectivity index (χ4n) is 2.93. The van der Waals surface area contributed by atoms with Gasteiger partial charge in [0.25, 0.3) is 5.91 Å². The molecule has 7 nitrogen and oxygen atoms in total. The number of hydrogen-bond acceptors (Lipinski definition) is 5. The molecule has 1 aromatic carbocycles. The molecule has 2 aromatic rings. The Labute approximate surface area is 158 Å². The molecule has 1 fully saturated rings. The van der Waals surface area contributed by atoms with E-state index < -0.39 is 22.0 Å². The van der Waals surface area contributed by atoms with Crippen molar-refractivity contribution in [3.05, 3.63) is 59.9 Å².